The van der Waals surface area contributed by atoms with Gasteiger partial charge in [0.2, 0.25) is 0 Å². The van der Waals surface area contributed by atoms with E-state index in [1.807, 2.05) is 0 Å². The number of halogens is 3. The van der Waals surface area contributed by atoms with Crippen LogP contribution in [0.1, 0.15) is 45.4 Å². The van der Waals surface area contributed by atoms with Crippen molar-refractivity contribution < 1.29 is 13.2 Å². The zero-order valence-electron chi connectivity index (χ0n) is 9.24. The molecule has 1 aliphatic rings. The van der Waals surface area contributed by atoms with E-state index in [4.69, 9.17) is 0 Å². The summed E-state index contributed by atoms with van der Waals surface area (Å²) in [5, 5.41) is 3.22. The highest BCUT2D eigenvalue weighted by molar-refractivity contribution is 4.75. The number of nitrogens with one attached hydrogen (secondary N) is 1. The van der Waals surface area contributed by atoms with Crippen LogP contribution in [-0.2, 0) is 0 Å². The zero-order chi connectivity index (χ0) is 11.3. The van der Waals surface area contributed by atoms with Crippen LogP contribution in [0.15, 0.2) is 0 Å². The summed E-state index contributed by atoms with van der Waals surface area (Å²) in [6, 6.07) is 0.446. The van der Waals surface area contributed by atoms with Crippen molar-refractivity contribution in [3.8, 4) is 0 Å². The van der Waals surface area contributed by atoms with Gasteiger partial charge in [-0.1, -0.05) is 19.8 Å². The van der Waals surface area contributed by atoms with Crippen molar-refractivity contribution in [1.82, 2.24) is 5.32 Å². The lowest BCUT2D eigenvalue weighted by Crippen LogP contribution is -2.34. The Balaban J connectivity index is 2.04. The minimum atomic E-state index is -4.00. The second-order valence-corrected chi connectivity index (χ2v) is 4.64. The first-order valence-electron chi connectivity index (χ1n) is 5.77. The summed E-state index contributed by atoms with van der Waals surface area (Å²) in [5.74, 6) is 0.721. The number of hydrogen-bond donors (Lipinski definition) is 1. The van der Waals surface area contributed by atoms with Crippen molar-refractivity contribution in [2.24, 2.45) is 5.92 Å². The largest absolute Gasteiger partial charge is 0.389 e. The van der Waals surface area contributed by atoms with Crippen LogP contribution in [0.2, 0.25) is 0 Å². The third-order valence-corrected chi connectivity index (χ3v) is 3.01. The lowest BCUT2D eigenvalue weighted by Gasteiger charge is -2.27. The standard InChI is InChI=1S/C11H20F3N/c1-9-4-2-5-10(8-9)15-7-3-6-11(12,13)14/h9-10,15H,2-8H2,1H3. The molecule has 0 radical (unpaired) electrons. The molecule has 1 saturated carbocycles. The third kappa shape index (κ3) is 6.03. The van der Waals surface area contributed by atoms with E-state index in [0.717, 1.165) is 18.8 Å². The Kier molecular flexibility index (Phi) is 4.90. The van der Waals surface area contributed by atoms with E-state index in [0.29, 0.717) is 12.6 Å². The van der Waals surface area contributed by atoms with Gasteiger partial charge in [-0.3, -0.25) is 0 Å². The maximum absolute atomic E-state index is 11.9. The molecule has 0 aliphatic heterocycles. The molecule has 0 aromatic heterocycles. The molecular formula is C11H20F3N. The van der Waals surface area contributed by atoms with E-state index in [-0.39, 0.29) is 6.42 Å². The lowest BCUT2D eigenvalue weighted by atomic mass is 9.87. The molecule has 2 unspecified atom stereocenters. The van der Waals surface area contributed by atoms with Crippen LogP contribution in [0.5, 0.6) is 0 Å². The number of hydrogen-bond acceptors (Lipinski definition) is 1. The van der Waals surface area contributed by atoms with Gasteiger partial charge in [-0.25, -0.2) is 0 Å². The smallest absolute Gasteiger partial charge is 0.314 e. The zero-order valence-corrected chi connectivity index (χ0v) is 9.24. The summed E-state index contributed by atoms with van der Waals surface area (Å²) in [6.07, 6.45) is 0.249. The van der Waals surface area contributed by atoms with Crippen molar-refractivity contribution in [2.45, 2.75) is 57.7 Å². The van der Waals surface area contributed by atoms with E-state index in [1.54, 1.807) is 0 Å². The predicted octanol–water partition coefficient (Wildman–Crippen LogP) is 3.50. The maximum atomic E-state index is 11.9. The Morgan fingerprint density at radius 3 is 2.60 bits per heavy atom. The second-order valence-electron chi connectivity index (χ2n) is 4.64. The van der Waals surface area contributed by atoms with Gasteiger partial charge < -0.3 is 5.32 Å². The predicted molar refractivity (Wildman–Crippen MR) is 54.7 cm³/mol. The van der Waals surface area contributed by atoms with E-state index < -0.39 is 12.6 Å². The molecule has 1 nitrogen and oxygen atoms in total. The third-order valence-electron chi connectivity index (χ3n) is 3.01. The Hall–Kier alpha value is -0.250. The van der Waals surface area contributed by atoms with Gasteiger partial charge in [-0.2, -0.15) is 13.2 Å². The van der Waals surface area contributed by atoms with E-state index >= 15 is 0 Å². The Morgan fingerprint density at radius 1 is 1.27 bits per heavy atom. The Morgan fingerprint density at radius 2 is 2.00 bits per heavy atom. The van der Waals surface area contributed by atoms with Gasteiger partial charge >= 0.3 is 6.18 Å². The highest BCUT2D eigenvalue weighted by Crippen LogP contribution is 2.24. The summed E-state index contributed by atoms with van der Waals surface area (Å²) in [5.41, 5.74) is 0. The molecule has 1 fully saturated rings. The van der Waals surface area contributed by atoms with Gasteiger partial charge in [0.25, 0.3) is 0 Å². The molecule has 0 heterocycles. The van der Waals surface area contributed by atoms with Crippen LogP contribution < -0.4 is 5.32 Å². The van der Waals surface area contributed by atoms with Gasteiger partial charge in [0.15, 0.2) is 0 Å². The molecule has 0 aromatic carbocycles. The summed E-state index contributed by atoms with van der Waals surface area (Å²) in [4.78, 5) is 0. The van der Waals surface area contributed by atoms with E-state index in [9.17, 15) is 13.2 Å². The molecule has 1 rings (SSSR count). The SMILES string of the molecule is CC1CCCC(NCCCC(F)(F)F)C1. The average molecular weight is 223 g/mol. The van der Waals surface area contributed by atoms with Gasteiger partial charge in [0.1, 0.15) is 0 Å². The van der Waals surface area contributed by atoms with Crippen molar-refractivity contribution in [2.75, 3.05) is 6.54 Å². The summed E-state index contributed by atoms with van der Waals surface area (Å²) >= 11 is 0. The van der Waals surface area contributed by atoms with E-state index in [2.05, 4.69) is 12.2 Å². The van der Waals surface area contributed by atoms with Crippen molar-refractivity contribution in [1.29, 1.82) is 0 Å². The lowest BCUT2D eigenvalue weighted by molar-refractivity contribution is -0.135. The average Bonchev–Trinajstić information content (AvgIpc) is 2.11. The highest BCUT2D eigenvalue weighted by Gasteiger charge is 2.26. The molecule has 0 bridgehead atoms. The van der Waals surface area contributed by atoms with Gasteiger partial charge in [0, 0.05) is 12.5 Å². The van der Waals surface area contributed by atoms with Gasteiger partial charge in [0.05, 0.1) is 0 Å². The molecule has 15 heavy (non-hydrogen) atoms. The summed E-state index contributed by atoms with van der Waals surface area (Å²) in [7, 11) is 0. The molecule has 0 spiro atoms. The number of alkyl halides is 3. The van der Waals surface area contributed by atoms with Crippen LogP contribution in [0.4, 0.5) is 13.2 Å². The van der Waals surface area contributed by atoms with Crippen LogP contribution in [0, 0.1) is 5.92 Å². The van der Waals surface area contributed by atoms with Crippen LogP contribution in [0.3, 0.4) is 0 Å². The summed E-state index contributed by atoms with van der Waals surface area (Å²) < 4.78 is 35.6. The molecule has 0 aromatic rings. The topological polar surface area (TPSA) is 12.0 Å². The fraction of sp³-hybridized carbons (Fsp3) is 1.00. The molecule has 4 heteroatoms. The van der Waals surface area contributed by atoms with Crippen LogP contribution >= 0.6 is 0 Å². The Bertz CT molecular complexity index is 179. The molecular weight excluding hydrogens is 203 g/mol. The molecule has 1 aliphatic carbocycles. The fourth-order valence-electron chi connectivity index (χ4n) is 2.21. The molecule has 90 valence electrons. The first-order chi connectivity index (χ1) is 6.97. The first kappa shape index (κ1) is 12.8. The van der Waals surface area contributed by atoms with Gasteiger partial charge in [-0.15, -0.1) is 0 Å². The van der Waals surface area contributed by atoms with Crippen molar-refractivity contribution in [3.63, 3.8) is 0 Å². The van der Waals surface area contributed by atoms with E-state index in [1.165, 1.54) is 12.8 Å². The normalized spacial score (nSPS) is 28.0. The second kappa shape index (κ2) is 5.73. The highest BCUT2D eigenvalue weighted by atomic mass is 19.4. The minimum Gasteiger partial charge on any atom is -0.314 e. The molecule has 0 amide bonds. The van der Waals surface area contributed by atoms with Crippen molar-refractivity contribution in [3.05, 3.63) is 0 Å². The minimum absolute atomic E-state index is 0.203. The fourth-order valence-corrected chi connectivity index (χ4v) is 2.21. The quantitative estimate of drug-likeness (QED) is 0.719. The molecule has 0 saturated heterocycles. The monoisotopic (exact) mass is 223 g/mol. The maximum Gasteiger partial charge on any atom is 0.389 e. The van der Waals surface area contributed by atoms with Crippen LogP contribution in [-0.4, -0.2) is 18.8 Å². The molecule has 2 atom stereocenters. The number of rotatable bonds is 4. The first-order valence-corrected chi connectivity index (χ1v) is 5.77. The Labute approximate surface area is 89.4 Å². The summed E-state index contributed by atoms with van der Waals surface area (Å²) in [6.45, 7) is 2.71. The van der Waals surface area contributed by atoms with Crippen LogP contribution in [0.25, 0.3) is 0 Å². The van der Waals surface area contributed by atoms with Gasteiger partial charge in [-0.05, 0) is 31.7 Å². The molecule has 1 N–H and O–H groups in total. The van der Waals surface area contributed by atoms with Crippen molar-refractivity contribution >= 4 is 0 Å².